The molecular formula is C7H10F3NO. The van der Waals surface area contributed by atoms with Gasteiger partial charge in [-0.15, -0.1) is 6.58 Å². The van der Waals surface area contributed by atoms with Crippen LogP contribution in [0.5, 0.6) is 0 Å². The molecule has 5 heteroatoms. The Balaban J connectivity index is 3.95. The van der Waals surface area contributed by atoms with E-state index in [1.165, 1.54) is 13.1 Å². The van der Waals surface area contributed by atoms with Crippen LogP contribution in [0.4, 0.5) is 13.2 Å². The summed E-state index contributed by atoms with van der Waals surface area (Å²) in [4.78, 5) is 11.7. The molecule has 0 N–H and O–H groups in total. The molecule has 1 amide bonds. The number of rotatable bonds is 3. The van der Waals surface area contributed by atoms with Crippen LogP contribution in [0.25, 0.3) is 0 Å². The second-order valence-corrected chi connectivity index (χ2v) is 2.35. The van der Waals surface area contributed by atoms with Crippen molar-refractivity contribution < 1.29 is 18.0 Å². The monoisotopic (exact) mass is 181 g/mol. The van der Waals surface area contributed by atoms with E-state index in [-0.39, 0.29) is 6.54 Å². The Morgan fingerprint density at radius 3 is 2.42 bits per heavy atom. The molecule has 0 fully saturated rings. The minimum atomic E-state index is -4.42. The van der Waals surface area contributed by atoms with Crippen LogP contribution in [-0.4, -0.2) is 30.6 Å². The lowest BCUT2D eigenvalue weighted by molar-refractivity contribution is -0.160. The van der Waals surface area contributed by atoms with Gasteiger partial charge < -0.3 is 4.90 Å². The summed E-state index contributed by atoms with van der Waals surface area (Å²) < 4.78 is 34.9. The highest BCUT2D eigenvalue weighted by Gasteiger charge is 2.32. The van der Waals surface area contributed by atoms with Crippen molar-refractivity contribution in [3.05, 3.63) is 12.7 Å². The Labute approximate surface area is 68.7 Å². The molecule has 0 aliphatic carbocycles. The minimum Gasteiger partial charge on any atom is -0.342 e. The van der Waals surface area contributed by atoms with Crippen LogP contribution in [0.2, 0.25) is 0 Å². The first kappa shape index (κ1) is 11.0. The molecule has 0 rings (SSSR count). The molecular weight excluding hydrogens is 171 g/mol. The summed E-state index contributed by atoms with van der Waals surface area (Å²) in [5.41, 5.74) is 0. The molecule has 0 heterocycles. The van der Waals surface area contributed by atoms with E-state index in [0.29, 0.717) is 0 Å². The predicted octanol–water partition coefficient (Wildman–Crippen LogP) is 1.58. The maximum atomic E-state index is 11.6. The summed E-state index contributed by atoms with van der Waals surface area (Å²) in [7, 11) is 1.30. The molecule has 0 bridgehead atoms. The van der Waals surface area contributed by atoms with Gasteiger partial charge in [-0.2, -0.15) is 13.2 Å². The van der Waals surface area contributed by atoms with Crippen molar-refractivity contribution in [2.24, 2.45) is 0 Å². The van der Waals surface area contributed by atoms with Crippen molar-refractivity contribution >= 4 is 5.91 Å². The zero-order chi connectivity index (χ0) is 9.78. The maximum Gasteiger partial charge on any atom is 0.397 e. The molecule has 0 aromatic heterocycles. The third-order valence-corrected chi connectivity index (χ3v) is 1.18. The van der Waals surface area contributed by atoms with E-state index in [9.17, 15) is 18.0 Å². The third-order valence-electron chi connectivity index (χ3n) is 1.18. The van der Waals surface area contributed by atoms with E-state index in [0.717, 1.165) is 4.90 Å². The highest BCUT2D eigenvalue weighted by Crippen LogP contribution is 2.20. The van der Waals surface area contributed by atoms with Crippen LogP contribution < -0.4 is 0 Å². The number of amides is 1. The number of alkyl halides is 3. The summed E-state index contributed by atoms with van der Waals surface area (Å²) in [5, 5.41) is 0. The van der Waals surface area contributed by atoms with Gasteiger partial charge in [0, 0.05) is 13.6 Å². The van der Waals surface area contributed by atoms with Gasteiger partial charge in [0.05, 0.1) is 0 Å². The van der Waals surface area contributed by atoms with Crippen molar-refractivity contribution in [1.82, 2.24) is 4.90 Å². The van der Waals surface area contributed by atoms with Crippen molar-refractivity contribution in [2.75, 3.05) is 13.6 Å². The van der Waals surface area contributed by atoms with Crippen LogP contribution in [0.3, 0.4) is 0 Å². The van der Waals surface area contributed by atoms with Crippen molar-refractivity contribution in [3.8, 4) is 0 Å². The summed E-state index contributed by atoms with van der Waals surface area (Å²) in [6.07, 6.45) is -4.46. The second kappa shape index (κ2) is 4.13. The fourth-order valence-electron chi connectivity index (χ4n) is 0.602. The summed E-state index contributed by atoms with van der Waals surface area (Å²) in [6.45, 7) is 3.44. The Morgan fingerprint density at radius 2 is 2.08 bits per heavy atom. The average molecular weight is 181 g/mol. The van der Waals surface area contributed by atoms with Gasteiger partial charge in [0.1, 0.15) is 6.42 Å². The van der Waals surface area contributed by atoms with Gasteiger partial charge in [0.25, 0.3) is 0 Å². The molecule has 0 aromatic carbocycles. The number of halogens is 3. The lowest BCUT2D eigenvalue weighted by Gasteiger charge is -2.15. The quantitative estimate of drug-likeness (QED) is 0.605. The second-order valence-electron chi connectivity index (χ2n) is 2.35. The number of hydrogen-bond donors (Lipinski definition) is 0. The topological polar surface area (TPSA) is 20.3 Å². The molecule has 0 saturated carbocycles. The minimum absolute atomic E-state index is 0.134. The van der Waals surface area contributed by atoms with Gasteiger partial charge in [-0.3, -0.25) is 4.79 Å². The molecule has 12 heavy (non-hydrogen) atoms. The van der Waals surface area contributed by atoms with Gasteiger partial charge in [0.15, 0.2) is 0 Å². The number of carbonyl (C=O) groups excluding carboxylic acids is 1. The number of carbonyl (C=O) groups is 1. The van der Waals surface area contributed by atoms with E-state index in [2.05, 4.69) is 6.58 Å². The molecule has 0 saturated heterocycles. The SMILES string of the molecule is C=CCN(C)C(=O)CC(F)(F)F. The first-order valence-electron chi connectivity index (χ1n) is 3.28. The first-order chi connectivity index (χ1) is 5.37. The van der Waals surface area contributed by atoms with Crippen LogP contribution in [0.1, 0.15) is 6.42 Å². The largest absolute Gasteiger partial charge is 0.397 e. The predicted molar refractivity (Wildman–Crippen MR) is 38.5 cm³/mol. The van der Waals surface area contributed by atoms with Gasteiger partial charge >= 0.3 is 6.18 Å². The number of hydrogen-bond acceptors (Lipinski definition) is 1. The van der Waals surface area contributed by atoms with Crippen LogP contribution in [0.15, 0.2) is 12.7 Å². The number of likely N-dealkylation sites (N-methyl/N-ethyl adjacent to an activating group) is 1. The fraction of sp³-hybridized carbons (Fsp3) is 0.571. The van der Waals surface area contributed by atoms with E-state index < -0.39 is 18.5 Å². The van der Waals surface area contributed by atoms with E-state index in [1.807, 2.05) is 0 Å². The van der Waals surface area contributed by atoms with Crippen LogP contribution in [-0.2, 0) is 4.79 Å². The summed E-state index contributed by atoms with van der Waals surface area (Å²) >= 11 is 0. The fourth-order valence-corrected chi connectivity index (χ4v) is 0.602. The molecule has 70 valence electrons. The normalized spacial score (nSPS) is 11.0. The first-order valence-corrected chi connectivity index (χ1v) is 3.28. The lowest BCUT2D eigenvalue weighted by Crippen LogP contribution is -2.30. The third kappa shape index (κ3) is 4.76. The summed E-state index contributed by atoms with van der Waals surface area (Å²) in [6, 6.07) is 0. The average Bonchev–Trinajstić information content (AvgIpc) is 1.84. The van der Waals surface area contributed by atoms with Gasteiger partial charge in [-0.1, -0.05) is 6.08 Å². The Bertz CT molecular complexity index is 176. The molecule has 0 aliphatic rings. The zero-order valence-electron chi connectivity index (χ0n) is 6.69. The molecule has 0 spiro atoms. The van der Waals surface area contributed by atoms with Crippen LogP contribution in [0, 0.1) is 0 Å². The van der Waals surface area contributed by atoms with E-state index >= 15 is 0 Å². The Morgan fingerprint density at radius 1 is 1.58 bits per heavy atom. The smallest absolute Gasteiger partial charge is 0.342 e. The van der Waals surface area contributed by atoms with Crippen LogP contribution >= 0.6 is 0 Å². The highest BCUT2D eigenvalue weighted by atomic mass is 19.4. The number of nitrogens with zero attached hydrogens (tertiary/aromatic N) is 1. The molecule has 2 nitrogen and oxygen atoms in total. The van der Waals surface area contributed by atoms with Crippen molar-refractivity contribution in [1.29, 1.82) is 0 Å². The van der Waals surface area contributed by atoms with Crippen molar-refractivity contribution in [2.45, 2.75) is 12.6 Å². The molecule has 0 aromatic rings. The molecule has 0 radical (unpaired) electrons. The molecule has 0 atom stereocenters. The Kier molecular flexibility index (Phi) is 3.79. The molecule has 0 aliphatic heterocycles. The maximum absolute atomic E-state index is 11.6. The lowest BCUT2D eigenvalue weighted by atomic mass is 10.3. The molecule has 0 unspecified atom stereocenters. The zero-order valence-corrected chi connectivity index (χ0v) is 6.69. The van der Waals surface area contributed by atoms with E-state index in [1.54, 1.807) is 0 Å². The standard InChI is InChI=1S/C7H10F3NO/c1-3-4-11(2)6(12)5-7(8,9)10/h3H,1,4-5H2,2H3. The van der Waals surface area contributed by atoms with E-state index in [4.69, 9.17) is 0 Å². The summed E-state index contributed by atoms with van der Waals surface area (Å²) in [5.74, 6) is -0.942. The van der Waals surface area contributed by atoms with Gasteiger partial charge in [0.2, 0.25) is 5.91 Å². The van der Waals surface area contributed by atoms with Gasteiger partial charge in [-0.05, 0) is 0 Å². The Hall–Kier alpha value is -1.00. The highest BCUT2D eigenvalue weighted by molar-refractivity contribution is 5.76. The van der Waals surface area contributed by atoms with Crippen molar-refractivity contribution in [3.63, 3.8) is 0 Å². The van der Waals surface area contributed by atoms with Gasteiger partial charge in [-0.25, -0.2) is 0 Å².